The zero-order valence-corrected chi connectivity index (χ0v) is 13.5. The predicted molar refractivity (Wildman–Crippen MR) is 82.2 cm³/mol. The number of nitrogens with zero attached hydrogens (tertiary/aromatic N) is 1. The highest BCUT2D eigenvalue weighted by molar-refractivity contribution is 7.12. The Hall–Kier alpha value is -0.380. The van der Waals surface area contributed by atoms with Crippen LogP contribution in [0.4, 0.5) is 0 Å². The Bertz CT molecular complexity index is 357. The van der Waals surface area contributed by atoms with Gasteiger partial charge in [0.15, 0.2) is 0 Å². The molecule has 18 heavy (non-hydrogen) atoms. The molecule has 2 nitrogen and oxygen atoms in total. The molecule has 0 aliphatic heterocycles. The van der Waals surface area contributed by atoms with Gasteiger partial charge in [-0.25, -0.2) is 0 Å². The average molecular weight is 268 g/mol. The Balaban J connectivity index is 2.60. The number of thiophene rings is 1. The fourth-order valence-corrected chi connectivity index (χ4v) is 3.36. The Morgan fingerprint density at radius 2 is 2.00 bits per heavy atom. The first-order valence-corrected chi connectivity index (χ1v) is 7.68. The number of nitrogens with one attached hydrogen (secondary N) is 1. The van der Waals surface area contributed by atoms with E-state index in [0.717, 1.165) is 19.0 Å². The number of hydrogen-bond donors (Lipinski definition) is 1. The standard InChI is InChI=1S/C15H28N2S/c1-11(2)7-12(3)17(6)10-14-8-15(9-16-5)18-13(14)4/h8,11-12,16H,7,9-10H2,1-6H3. The fourth-order valence-electron chi connectivity index (χ4n) is 2.29. The molecule has 1 unspecified atom stereocenters. The van der Waals surface area contributed by atoms with Crippen LogP contribution in [-0.2, 0) is 13.1 Å². The molecular formula is C15H28N2S. The van der Waals surface area contributed by atoms with Gasteiger partial charge in [0.1, 0.15) is 0 Å². The Morgan fingerprint density at radius 1 is 1.33 bits per heavy atom. The molecule has 0 saturated carbocycles. The van der Waals surface area contributed by atoms with Gasteiger partial charge in [-0.15, -0.1) is 11.3 Å². The van der Waals surface area contributed by atoms with E-state index in [1.165, 1.54) is 21.7 Å². The first-order valence-electron chi connectivity index (χ1n) is 6.87. The third-order valence-electron chi connectivity index (χ3n) is 3.41. The molecule has 0 spiro atoms. The predicted octanol–water partition coefficient (Wildman–Crippen LogP) is 3.64. The number of hydrogen-bond acceptors (Lipinski definition) is 3. The molecule has 1 atom stereocenters. The third kappa shape index (κ3) is 4.71. The van der Waals surface area contributed by atoms with Gasteiger partial charge in [0.05, 0.1) is 0 Å². The quantitative estimate of drug-likeness (QED) is 0.812. The summed E-state index contributed by atoms with van der Waals surface area (Å²) < 4.78 is 0. The number of aryl methyl sites for hydroxylation is 1. The molecule has 104 valence electrons. The van der Waals surface area contributed by atoms with Gasteiger partial charge < -0.3 is 5.32 Å². The van der Waals surface area contributed by atoms with Crippen molar-refractivity contribution in [3.05, 3.63) is 21.4 Å². The largest absolute Gasteiger partial charge is 0.315 e. The van der Waals surface area contributed by atoms with Crippen molar-refractivity contribution in [2.24, 2.45) is 5.92 Å². The summed E-state index contributed by atoms with van der Waals surface area (Å²) in [6.45, 7) is 11.2. The molecular weight excluding hydrogens is 240 g/mol. The van der Waals surface area contributed by atoms with Gasteiger partial charge in [-0.1, -0.05) is 13.8 Å². The minimum absolute atomic E-state index is 0.650. The second-order valence-electron chi connectivity index (χ2n) is 5.72. The molecule has 1 rings (SSSR count). The lowest BCUT2D eigenvalue weighted by Gasteiger charge is -2.26. The molecule has 0 fully saturated rings. The number of rotatable bonds is 7. The summed E-state index contributed by atoms with van der Waals surface area (Å²) in [6, 6.07) is 3.01. The van der Waals surface area contributed by atoms with Gasteiger partial charge in [-0.2, -0.15) is 0 Å². The van der Waals surface area contributed by atoms with Crippen LogP contribution in [0.3, 0.4) is 0 Å². The second-order valence-corrected chi connectivity index (χ2v) is 7.06. The average Bonchev–Trinajstić information content (AvgIpc) is 2.58. The van der Waals surface area contributed by atoms with E-state index in [1.807, 2.05) is 18.4 Å². The van der Waals surface area contributed by atoms with Gasteiger partial charge in [0, 0.05) is 28.9 Å². The Kier molecular flexibility index (Phi) is 6.33. The summed E-state index contributed by atoms with van der Waals surface area (Å²) in [4.78, 5) is 5.37. The van der Waals surface area contributed by atoms with Crippen molar-refractivity contribution in [3.8, 4) is 0 Å². The second kappa shape index (κ2) is 7.27. The van der Waals surface area contributed by atoms with Gasteiger partial charge in [0.25, 0.3) is 0 Å². The van der Waals surface area contributed by atoms with Crippen LogP contribution in [0.15, 0.2) is 6.07 Å². The van der Waals surface area contributed by atoms with Gasteiger partial charge in [-0.3, -0.25) is 4.90 Å². The van der Waals surface area contributed by atoms with Crippen molar-refractivity contribution in [1.29, 1.82) is 0 Å². The van der Waals surface area contributed by atoms with Gasteiger partial charge in [0.2, 0.25) is 0 Å². The maximum Gasteiger partial charge on any atom is 0.0296 e. The summed E-state index contributed by atoms with van der Waals surface area (Å²) in [7, 11) is 4.24. The summed E-state index contributed by atoms with van der Waals surface area (Å²) in [5, 5.41) is 3.22. The van der Waals surface area contributed by atoms with Crippen LogP contribution >= 0.6 is 11.3 Å². The molecule has 0 aliphatic rings. The van der Waals surface area contributed by atoms with E-state index in [-0.39, 0.29) is 0 Å². The van der Waals surface area contributed by atoms with Crippen LogP contribution in [0.5, 0.6) is 0 Å². The fraction of sp³-hybridized carbons (Fsp3) is 0.733. The topological polar surface area (TPSA) is 15.3 Å². The molecule has 0 radical (unpaired) electrons. The smallest absolute Gasteiger partial charge is 0.0296 e. The Morgan fingerprint density at radius 3 is 2.56 bits per heavy atom. The lowest BCUT2D eigenvalue weighted by atomic mass is 10.0. The first-order chi connectivity index (χ1) is 8.43. The van der Waals surface area contributed by atoms with E-state index in [2.05, 4.69) is 51.0 Å². The molecule has 0 amide bonds. The third-order valence-corrected chi connectivity index (χ3v) is 4.50. The highest BCUT2D eigenvalue weighted by Gasteiger charge is 2.13. The van der Waals surface area contributed by atoms with Gasteiger partial charge in [-0.05, 0) is 51.9 Å². The van der Waals surface area contributed by atoms with Crippen molar-refractivity contribution >= 4 is 11.3 Å². The van der Waals surface area contributed by atoms with E-state index in [4.69, 9.17) is 0 Å². The molecule has 0 aliphatic carbocycles. The van der Waals surface area contributed by atoms with Gasteiger partial charge >= 0.3 is 0 Å². The van der Waals surface area contributed by atoms with Crippen LogP contribution in [0, 0.1) is 12.8 Å². The SMILES string of the molecule is CNCc1cc(CN(C)C(C)CC(C)C)c(C)s1. The van der Waals surface area contributed by atoms with E-state index < -0.39 is 0 Å². The van der Waals surface area contributed by atoms with Crippen LogP contribution in [-0.4, -0.2) is 25.0 Å². The summed E-state index contributed by atoms with van der Waals surface area (Å²) >= 11 is 1.92. The van der Waals surface area contributed by atoms with Crippen LogP contribution < -0.4 is 5.32 Å². The molecule has 0 bridgehead atoms. The summed E-state index contributed by atoms with van der Waals surface area (Å²) in [5.74, 6) is 0.769. The van der Waals surface area contributed by atoms with E-state index in [1.54, 1.807) is 0 Å². The van der Waals surface area contributed by atoms with Crippen molar-refractivity contribution < 1.29 is 0 Å². The molecule has 0 saturated heterocycles. The monoisotopic (exact) mass is 268 g/mol. The van der Waals surface area contributed by atoms with Crippen LogP contribution in [0.2, 0.25) is 0 Å². The minimum atomic E-state index is 0.650. The summed E-state index contributed by atoms with van der Waals surface area (Å²) in [6.07, 6.45) is 1.27. The lowest BCUT2D eigenvalue weighted by Crippen LogP contribution is -2.29. The normalized spacial score (nSPS) is 13.6. The highest BCUT2D eigenvalue weighted by atomic mass is 32.1. The maximum atomic E-state index is 3.22. The van der Waals surface area contributed by atoms with E-state index in [0.29, 0.717) is 6.04 Å². The van der Waals surface area contributed by atoms with E-state index in [9.17, 15) is 0 Å². The zero-order chi connectivity index (χ0) is 13.7. The zero-order valence-electron chi connectivity index (χ0n) is 12.7. The molecule has 1 aromatic rings. The molecule has 0 aromatic carbocycles. The van der Waals surface area contributed by atoms with Crippen molar-refractivity contribution in [2.45, 2.75) is 53.2 Å². The maximum absolute atomic E-state index is 3.22. The van der Waals surface area contributed by atoms with E-state index >= 15 is 0 Å². The molecule has 3 heteroatoms. The van der Waals surface area contributed by atoms with Crippen LogP contribution in [0.1, 0.15) is 42.5 Å². The van der Waals surface area contributed by atoms with Crippen molar-refractivity contribution in [2.75, 3.05) is 14.1 Å². The Labute approximate surface area is 116 Å². The lowest BCUT2D eigenvalue weighted by molar-refractivity contribution is 0.220. The molecule has 1 N–H and O–H groups in total. The van der Waals surface area contributed by atoms with Crippen molar-refractivity contribution in [3.63, 3.8) is 0 Å². The highest BCUT2D eigenvalue weighted by Crippen LogP contribution is 2.23. The summed E-state index contributed by atoms with van der Waals surface area (Å²) in [5.41, 5.74) is 1.49. The molecule has 1 aromatic heterocycles. The first kappa shape index (κ1) is 15.7. The van der Waals surface area contributed by atoms with Crippen LogP contribution in [0.25, 0.3) is 0 Å². The van der Waals surface area contributed by atoms with Crippen molar-refractivity contribution in [1.82, 2.24) is 10.2 Å². The molecule has 1 heterocycles. The minimum Gasteiger partial charge on any atom is -0.315 e.